The molecule has 0 bridgehead atoms. The van der Waals surface area contributed by atoms with Gasteiger partial charge in [-0.05, 0) is 46.5 Å². The first kappa shape index (κ1) is 38.6. The molecule has 256 valence electrons. The number of benzene rings is 7. The maximum atomic E-state index is 3.06. The fourth-order valence-corrected chi connectivity index (χ4v) is 7.63. The third kappa shape index (κ3) is 7.34. The Kier molecular flexibility index (Phi) is 12.5. The van der Waals surface area contributed by atoms with Crippen LogP contribution in [0.1, 0.15) is 22.3 Å². The molecular weight excluding hydrogens is 720 g/mol. The van der Waals surface area contributed by atoms with Crippen LogP contribution < -0.4 is 0 Å². The van der Waals surface area contributed by atoms with Crippen LogP contribution >= 0.6 is 0 Å². The molecule has 9 aromatic rings. The van der Waals surface area contributed by atoms with Crippen LogP contribution in [0.3, 0.4) is 0 Å². The maximum absolute atomic E-state index is 3.06. The van der Waals surface area contributed by atoms with E-state index in [1.807, 2.05) is 0 Å². The molecule has 9 rings (SSSR count). The number of hydrogen-bond donors (Lipinski definition) is 0. The van der Waals surface area contributed by atoms with E-state index in [9.17, 15) is 0 Å². The van der Waals surface area contributed by atoms with Crippen LogP contribution in [0.4, 0.5) is 0 Å². The Labute approximate surface area is 327 Å². The first-order chi connectivity index (χ1) is 24.5. The Morgan fingerprint density at radius 1 is 0.423 bits per heavy atom. The van der Waals surface area contributed by atoms with E-state index in [0.29, 0.717) is 0 Å². The van der Waals surface area contributed by atoms with Gasteiger partial charge >= 0.3 is 30.2 Å². The summed E-state index contributed by atoms with van der Waals surface area (Å²) in [6, 6.07) is 57.4. The minimum absolute atomic E-state index is 0. The standard InChI is InChI=1S/C27H21.C21H17.2CH3.Si.Zr/c1-18-8-5-9-19(2)27(18)22-16-21-12-7-15-25(26(21)17-22)24-14-6-11-20-10-3-4-13-23(20)24;1-14-12-20-15(2)10-11-19(21(20)13-14)18-9-5-7-16-6-3-4-8-17(16)18;;;;/h3-17H,1-2H3;3-13H,1-2H3;2*1H3;;/q4*-1;;. The minimum atomic E-state index is 0. The van der Waals surface area contributed by atoms with Crippen molar-refractivity contribution in [2.45, 2.75) is 27.7 Å². The third-order valence-corrected chi connectivity index (χ3v) is 9.93. The topological polar surface area (TPSA) is 0 Å². The molecule has 0 aliphatic heterocycles. The van der Waals surface area contributed by atoms with E-state index in [1.165, 1.54) is 122 Å². The number of aryl methyl sites for hydroxylation is 4. The third-order valence-electron chi connectivity index (χ3n) is 9.93. The van der Waals surface area contributed by atoms with Gasteiger partial charge in [0.2, 0.25) is 0 Å². The summed E-state index contributed by atoms with van der Waals surface area (Å²) in [5, 5.41) is 10.6. The fourth-order valence-electron chi connectivity index (χ4n) is 7.63. The van der Waals surface area contributed by atoms with Crippen molar-refractivity contribution in [3.05, 3.63) is 195 Å². The molecule has 52 heavy (non-hydrogen) atoms. The van der Waals surface area contributed by atoms with Crippen LogP contribution in [-0.2, 0) is 23.3 Å². The first-order valence-electron chi connectivity index (χ1n) is 17.1. The predicted molar refractivity (Wildman–Crippen MR) is 228 cm³/mol. The summed E-state index contributed by atoms with van der Waals surface area (Å²) >= 11 is 1.36. The molecule has 0 spiro atoms. The van der Waals surface area contributed by atoms with Gasteiger partial charge in [0, 0.05) is 0 Å². The van der Waals surface area contributed by atoms with Crippen LogP contribution in [0.2, 0.25) is 0 Å². The molecule has 0 aromatic heterocycles. The molecule has 0 unspecified atom stereocenters. The second-order valence-corrected chi connectivity index (χ2v) is 13.2. The van der Waals surface area contributed by atoms with E-state index >= 15 is 0 Å². The Balaban J connectivity index is 0.000000190. The number of hydrogen-bond acceptors (Lipinski definition) is 0. The average molecular weight is 764 g/mol. The summed E-state index contributed by atoms with van der Waals surface area (Å²) in [7, 11) is 0. The quantitative estimate of drug-likeness (QED) is 0.124. The van der Waals surface area contributed by atoms with Crippen molar-refractivity contribution in [1.82, 2.24) is 0 Å². The fraction of sp³-hybridized carbons (Fsp3) is 0.0800. The van der Waals surface area contributed by atoms with Crippen molar-refractivity contribution in [2.75, 3.05) is 0 Å². The van der Waals surface area contributed by atoms with E-state index in [1.54, 1.807) is 0 Å². The molecule has 0 fully saturated rings. The summed E-state index contributed by atoms with van der Waals surface area (Å²) in [6.45, 7) is 11.8. The zero-order valence-electron chi connectivity index (χ0n) is 31.0. The van der Waals surface area contributed by atoms with Crippen molar-refractivity contribution < 1.29 is 23.3 Å². The van der Waals surface area contributed by atoms with Crippen LogP contribution in [0, 0.1) is 42.5 Å². The molecule has 2 radical (unpaired) electrons. The monoisotopic (exact) mass is 762 g/mol. The summed E-state index contributed by atoms with van der Waals surface area (Å²) in [4.78, 5) is 0. The van der Waals surface area contributed by atoms with Gasteiger partial charge in [-0.25, -0.2) is 0 Å². The SMILES string of the molecule is Cc1cc2c(-c3cccc4ccccc34)ccc(C)c2[cH-]1.Cc1cccc(C)c1-c1cc2c(-c3cccc4ccccc34)cccc2[cH-]1.[CH3-].[CH3-].[Si]=[Zr]. The van der Waals surface area contributed by atoms with Crippen molar-refractivity contribution in [3.63, 3.8) is 0 Å². The van der Waals surface area contributed by atoms with E-state index in [0.717, 1.165) is 0 Å². The molecule has 0 aliphatic carbocycles. The van der Waals surface area contributed by atoms with Gasteiger partial charge in [-0.3, -0.25) is 0 Å². The normalized spacial score (nSPS) is 10.5. The van der Waals surface area contributed by atoms with Crippen molar-refractivity contribution in [2.24, 2.45) is 0 Å². The second-order valence-electron chi connectivity index (χ2n) is 13.2. The first-order valence-corrected chi connectivity index (χ1v) is 21.3. The van der Waals surface area contributed by atoms with Gasteiger partial charge < -0.3 is 14.9 Å². The molecule has 0 nitrogen and oxygen atoms in total. The molecule has 0 N–H and O–H groups in total. The molecule has 0 atom stereocenters. The average Bonchev–Trinajstić information content (AvgIpc) is 3.76. The molecule has 0 heterocycles. The van der Waals surface area contributed by atoms with E-state index in [-0.39, 0.29) is 14.9 Å². The summed E-state index contributed by atoms with van der Waals surface area (Å²) in [5.41, 5.74) is 13.3. The molecule has 0 aliphatic rings. The van der Waals surface area contributed by atoms with Gasteiger partial charge in [-0.1, -0.05) is 163 Å². The van der Waals surface area contributed by atoms with Gasteiger partial charge in [0.25, 0.3) is 0 Å². The zero-order chi connectivity index (χ0) is 34.8. The second kappa shape index (κ2) is 16.8. The van der Waals surface area contributed by atoms with Gasteiger partial charge in [0.1, 0.15) is 0 Å². The summed E-state index contributed by atoms with van der Waals surface area (Å²) < 4.78 is 0. The van der Waals surface area contributed by atoms with Crippen molar-refractivity contribution in [3.8, 4) is 33.4 Å². The van der Waals surface area contributed by atoms with Gasteiger partial charge in [0.15, 0.2) is 0 Å². The van der Waals surface area contributed by atoms with E-state index in [2.05, 4.69) is 192 Å². The van der Waals surface area contributed by atoms with Crippen LogP contribution in [-0.4, -0.2) is 6.88 Å². The zero-order valence-corrected chi connectivity index (χ0v) is 34.5. The number of rotatable bonds is 3. The van der Waals surface area contributed by atoms with Crippen molar-refractivity contribution >= 4 is 50.0 Å². The van der Waals surface area contributed by atoms with E-state index in [4.69, 9.17) is 0 Å². The molecular formula is C50H44SiZr-4. The van der Waals surface area contributed by atoms with Crippen LogP contribution in [0.25, 0.3) is 76.5 Å². The summed E-state index contributed by atoms with van der Waals surface area (Å²) in [5.74, 6) is 0. The Bertz CT molecular complexity index is 2600. The Morgan fingerprint density at radius 3 is 1.50 bits per heavy atom. The van der Waals surface area contributed by atoms with Gasteiger partial charge in [-0.15, -0.1) is 68.6 Å². The van der Waals surface area contributed by atoms with Crippen LogP contribution in [0.5, 0.6) is 0 Å². The van der Waals surface area contributed by atoms with Gasteiger partial charge in [0.05, 0.1) is 0 Å². The number of fused-ring (bicyclic) bond motifs is 4. The molecule has 9 aromatic carbocycles. The van der Waals surface area contributed by atoms with Crippen LogP contribution in [0.15, 0.2) is 158 Å². The molecule has 0 saturated carbocycles. The summed E-state index contributed by atoms with van der Waals surface area (Å²) in [6.07, 6.45) is 0. The Morgan fingerprint density at radius 2 is 0.904 bits per heavy atom. The van der Waals surface area contributed by atoms with Gasteiger partial charge in [-0.2, -0.15) is 6.07 Å². The molecule has 2 heteroatoms. The predicted octanol–water partition coefficient (Wildman–Crippen LogP) is 14.2. The van der Waals surface area contributed by atoms with Crippen molar-refractivity contribution in [1.29, 1.82) is 0 Å². The Hall–Kier alpha value is -4.62. The van der Waals surface area contributed by atoms with E-state index < -0.39 is 0 Å². The molecule has 0 saturated heterocycles. The molecule has 0 amide bonds.